The number of halogens is 3. The number of ether oxygens (including phenoxy) is 2. The molecule has 4 unspecified atom stereocenters. The van der Waals surface area contributed by atoms with E-state index < -0.39 is 51.8 Å². The van der Waals surface area contributed by atoms with Crippen molar-refractivity contribution in [3.05, 3.63) is 76.2 Å². The topological polar surface area (TPSA) is 242 Å². The van der Waals surface area contributed by atoms with Gasteiger partial charge in [-0.05, 0) is 71.4 Å². The average molecular weight is 1530 g/mol. The number of carbonyl (C=O) groups excluding carboxylic acids is 3. The number of fused-ring (bicyclic) bond motifs is 4. The second kappa shape index (κ2) is 49.2. The molecular formula is C50H78F3N3O14Re2SSn-2. The summed E-state index contributed by atoms with van der Waals surface area (Å²) >= 11 is -1.39. The van der Waals surface area contributed by atoms with Gasteiger partial charge >= 0.3 is 158 Å². The smallest absolute Gasteiger partial charge is 0 e. The number of nitrogens with zero attached hydrogens (tertiary/aromatic N) is 3. The van der Waals surface area contributed by atoms with Crippen LogP contribution in [-0.4, -0.2) is 131 Å². The Bertz CT molecular complexity index is 1810. The summed E-state index contributed by atoms with van der Waals surface area (Å²) in [5.41, 5.74) is -3.23. The number of rotatable bonds is 6. The molecule has 4 bridgehead atoms. The van der Waals surface area contributed by atoms with Crippen molar-refractivity contribution in [1.82, 2.24) is 14.7 Å². The molecule has 3 saturated heterocycles. The molecule has 0 aromatic heterocycles. The first-order valence-electron chi connectivity index (χ1n) is 22.7. The molecule has 5 aliphatic heterocycles. The molecule has 2 radical (unpaired) electrons. The molecule has 7 rings (SSSR count). The van der Waals surface area contributed by atoms with Crippen molar-refractivity contribution in [2.24, 2.45) is 5.92 Å². The first kappa shape index (κ1) is 88.5. The second-order valence-electron chi connectivity index (χ2n) is 17.2. The fraction of sp³-hybridized carbons (Fsp3) is 0.700. The summed E-state index contributed by atoms with van der Waals surface area (Å²) in [5, 5.41) is 0. The molecule has 424 valence electrons. The Hall–Kier alpha value is -2.09. The molecule has 17 nitrogen and oxygen atoms in total. The van der Waals surface area contributed by atoms with Gasteiger partial charge in [-0.2, -0.15) is 35.4 Å². The maximum atomic E-state index is 12.4. The van der Waals surface area contributed by atoms with Gasteiger partial charge in [0.1, 0.15) is 5.76 Å². The Morgan fingerprint density at radius 3 is 1.31 bits per heavy atom. The van der Waals surface area contributed by atoms with E-state index in [4.69, 9.17) is 32.6 Å². The molecule has 1 amide bonds. The van der Waals surface area contributed by atoms with Crippen LogP contribution in [0.25, 0.3) is 0 Å². The van der Waals surface area contributed by atoms with Gasteiger partial charge in [-0.3, -0.25) is 14.6 Å². The van der Waals surface area contributed by atoms with Crippen LogP contribution in [0.1, 0.15) is 124 Å². The van der Waals surface area contributed by atoms with Gasteiger partial charge in [-0.15, -0.1) is 0 Å². The van der Waals surface area contributed by atoms with Crippen molar-refractivity contribution < 1.29 is 118 Å². The third-order valence-corrected chi connectivity index (χ3v) is 22.5. The van der Waals surface area contributed by atoms with Crippen LogP contribution >= 0.6 is 0 Å². The molecule has 0 aromatic carbocycles. The van der Waals surface area contributed by atoms with E-state index in [0.717, 1.165) is 44.9 Å². The number of likely N-dealkylation sites (N-methyl/N-ethyl adjacent to an activating group) is 2. The van der Waals surface area contributed by atoms with Crippen LogP contribution in [0.2, 0.25) is 18.8 Å². The molecule has 7 aliphatic rings. The average Bonchev–Trinajstić information content (AvgIpc) is 4.26. The molecule has 2 aliphatic carbocycles. The molecule has 5 heterocycles. The van der Waals surface area contributed by atoms with Gasteiger partial charge in [0.15, 0.2) is 0 Å². The van der Waals surface area contributed by atoms with E-state index in [0.29, 0.717) is 36.8 Å². The zero-order valence-corrected chi connectivity index (χ0v) is 52.9. The van der Waals surface area contributed by atoms with Crippen LogP contribution in [-0.2, 0) is 107 Å². The Morgan fingerprint density at radius 1 is 0.635 bits per heavy atom. The van der Waals surface area contributed by atoms with Crippen molar-refractivity contribution >= 4 is 46.3 Å². The number of likely N-dealkylation sites (tertiary alicyclic amines) is 1. The summed E-state index contributed by atoms with van der Waals surface area (Å²) in [6, 6.07) is 0.349. The van der Waals surface area contributed by atoms with Crippen molar-refractivity contribution in [2.75, 3.05) is 41.9 Å². The molecule has 4 atom stereocenters. The minimum Gasteiger partial charge on any atom is 0 e. The van der Waals surface area contributed by atoms with Crippen molar-refractivity contribution in [2.45, 2.75) is 172 Å². The van der Waals surface area contributed by atoms with Crippen LogP contribution in [0.4, 0.5) is 13.2 Å². The van der Waals surface area contributed by atoms with E-state index in [9.17, 15) is 36.0 Å². The van der Waals surface area contributed by atoms with Gasteiger partial charge in [0, 0.05) is 91.4 Å². The number of alkyl halides is 3. The second-order valence-corrected chi connectivity index (χ2v) is 34.6. The molecule has 2 saturated carbocycles. The fourth-order valence-corrected chi connectivity index (χ4v) is 16.2. The maximum absolute atomic E-state index is 12.4. The monoisotopic (exact) mass is 1530 g/mol. The predicted molar refractivity (Wildman–Crippen MR) is 259 cm³/mol. The summed E-state index contributed by atoms with van der Waals surface area (Å²) in [4.78, 5) is 48.1. The summed E-state index contributed by atoms with van der Waals surface area (Å²) < 4.78 is 120. The number of amides is 1. The Labute approximate surface area is 472 Å². The molecular weight excluding hydrogens is 1450 g/mol. The van der Waals surface area contributed by atoms with Crippen LogP contribution in [0.3, 0.4) is 0 Å². The minimum absolute atomic E-state index is 0. The molecule has 24 heteroatoms. The van der Waals surface area contributed by atoms with Gasteiger partial charge in [0.2, 0.25) is 5.91 Å². The number of methoxy groups -OCH3 is 2. The number of hydrogen-bond acceptors (Lipinski definition) is 10. The van der Waals surface area contributed by atoms with Crippen LogP contribution in [0.15, 0.2) is 22.5 Å². The number of hydrogen-bond donors (Lipinski definition) is 0. The molecule has 5 fully saturated rings. The van der Waals surface area contributed by atoms with Crippen LogP contribution in [0.5, 0.6) is 0 Å². The summed E-state index contributed by atoms with van der Waals surface area (Å²) in [6.07, 6.45) is 17.8. The van der Waals surface area contributed by atoms with E-state index in [-0.39, 0.29) is 72.3 Å². The van der Waals surface area contributed by atoms with Crippen molar-refractivity contribution in [3.8, 4) is 0 Å². The van der Waals surface area contributed by atoms with Crippen LogP contribution < -0.4 is 0 Å². The van der Waals surface area contributed by atoms with E-state index >= 15 is 0 Å². The summed E-state index contributed by atoms with van der Waals surface area (Å²) in [5.74, 6) is -0.464. The largest absolute Gasteiger partial charge is 0 e. The summed E-state index contributed by atoms with van der Waals surface area (Å²) in [7, 11) is 2.53. The standard InChI is InChI=1S/C15H23NO2.C11H14F3NO5S.C5H9NO.C5H9.2C2H5.6CO.CH4.3CH3.2Re.Sn/c1-16-11-7-8-13(16)14(15(17)18-2)12(9-11)10-5-3-4-6-10;1-15-6-3-4-7(15)9(10(16)19-2)8(5-6)20-21(17,18)11(12,13)14;1-6-4-2-3-5(6)7;1-2-4-5-3-1;8*1-2;;;;;;;/h10-11,13H,3-9H2,1-2H3;6-7H,3-5H2,1-2H3;2-4H2,1H3;1H,2-5H2;2*1H2,2H3;;;;;;;1H4;3*1H3;;;/q;;;;2*-1;;;;;;;;;;;;;. The van der Waals surface area contributed by atoms with E-state index in [1.807, 2.05) is 11.9 Å². The predicted octanol–water partition coefficient (Wildman–Crippen LogP) is 9.25. The first-order chi connectivity index (χ1) is 33.7. The maximum Gasteiger partial charge on any atom is 0 e. The van der Waals surface area contributed by atoms with Gasteiger partial charge in [-0.1, -0.05) is 25.8 Å². The SMILES string of the molecule is C.CN1CCCC1=O.COC(=O)C1=C(C2CCCC2)CC2CCC1N2C.COC(=O)C1=C(OS(=O)(=O)C(F)(F)F)CC2CCC1N2C.[C-]#[O+].[C-]#[O+].[C-]#[O+].[C-]#[O+].[C-]#[O+].[C-]#[O+].[CH2-]C.[CH2-]C.[CH3][Sn]([CH3])([CH3])[CH]1CCCC1.[Re].[Re]. The Balaban J connectivity index is -0.000000124. The van der Waals surface area contributed by atoms with E-state index in [1.54, 1.807) is 38.6 Å². The number of carbonyl (C=O) groups is 3. The van der Waals surface area contributed by atoms with Gasteiger partial charge in [0.05, 0.1) is 25.4 Å². The zero-order chi connectivity index (χ0) is 56.9. The fourth-order valence-electron chi connectivity index (χ4n) is 9.53. The molecule has 74 heavy (non-hydrogen) atoms. The molecule has 0 aromatic rings. The van der Waals surface area contributed by atoms with E-state index in [2.05, 4.69) is 89.4 Å². The molecule has 0 spiro atoms. The quantitative estimate of drug-likeness (QED) is 0.0609. The summed E-state index contributed by atoms with van der Waals surface area (Å²) in [6.45, 7) is 38.0. The van der Waals surface area contributed by atoms with Crippen molar-refractivity contribution in [3.63, 3.8) is 0 Å². The van der Waals surface area contributed by atoms with Crippen molar-refractivity contribution in [1.29, 1.82) is 0 Å². The van der Waals surface area contributed by atoms with Gasteiger partial charge < -0.3 is 32.4 Å². The minimum atomic E-state index is -5.79. The van der Waals surface area contributed by atoms with E-state index in [1.165, 1.54) is 61.6 Å². The Kier molecular flexibility index (Phi) is 58.9. The Morgan fingerprint density at radius 2 is 1.00 bits per heavy atom. The van der Waals surface area contributed by atoms with Crippen LogP contribution in [0, 0.1) is 59.7 Å². The zero-order valence-electron chi connectivity index (χ0n) is 43.8. The third-order valence-electron chi connectivity index (χ3n) is 12.9. The van der Waals surface area contributed by atoms with Gasteiger partial charge in [0.25, 0.3) is 0 Å². The number of esters is 2. The first-order valence-corrected chi connectivity index (χ1v) is 34.3. The van der Waals surface area contributed by atoms with Gasteiger partial charge in [-0.25, -0.2) is 9.59 Å². The third kappa shape index (κ3) is 28.5. The normalized spacial score (nSPS) is 20.9. The molecule has 0 N–H and O–H groups in total.